The Kier molecular flexibility index (Phi) is 5.45. The summed E-state index contributed by atoms with van der Waals surface area (Å²) < 4.78 is 3.08. The van der Waals surface area contributed by atoms with Crippen molar-refractivity contribution in [3.05, 3.63) is 8.78 Å². The van der Waals surface area contributed by atoms with Gasteiger partial charge >= 0.3 is 0 Å². The second-order valence-electron chi connectivity index (χ2n) is 5.19. The van der Waals surface area contributed by atoms with E-state index in [2.05, 4.69) is 64.8 Å². The SMILES string of the molecule is C[Si](C)(C)/C(I)=C1\CCCCC1CI. The Morgan fingerprint density at radius 1 is 1.36 bits per heavy atom. The molecule has 1 fully saturated rings. The van der Waals surface area contributed by atoms with Gasteiger partial charge in [-0.2, -0.15) is 0 Å². The Bertz CT molecular complexity index is 228. The highest BCUT2D eigenvalue weighted by Crippen LogP contribution is 2.38. The zero-order valence-electron chi connectivity index (χ0n) is 9.37. The van der Waals surface area contributed by atoms with Crippen LogP contribution in [0.15, 0.2) is 8.78 Å². The standard InChI is InChI=1S/C11H20I2Si/c1-14(2,3)11(13)10-7-5-4-6-9(10)8-12/h9H,4-8H2,1-3H3/b11-10+. The summed E-state index contributed by atoms with van der Waals surface area (Å²) in [4.78, 5) is 0. The summed E-state index contributed by atoms with van der Waals surface area (Å²) in [6.45, 7) is 7.42. The van der Waals surface area contributed by atoms with Gasteiger partial charge in [-0.15, -0.1) is 0 Å². The van der Waals surface area contributed by atoms with Gasteiger partial charge in [-0.3, -0.25) is 0 Å². The van der Waals surface area contributed by atoms with Crippen LogP contribution in [-0.4, -0.2) is 12.5 Å². The molecule has 3 heteroatoms. The van der Waals surface area contributed by atoms with Gasteiger partial charge in [0.15, 0.2) is 0 Å². The van der Waals surface area contributed by atoms with Gasteiger partial charge in [0.1, 0.15) is 0 Å². The van der Waals surface area contributed by atoms with E-state index in [-0.39, 0.29) is 0 Å². The maximum absolute atomic E-state index is 2.64. The normalized spacial score (nSPS) is 27.6. The number of alkyl halides is 1. The van der Waals surface area contributed by atoms with Crippen molar-refractivity contribution < 1.29 is 0 Å². The quantitative estimate of drug-likeness (QED) is 0.320. The van der Waals surface area contributed by atoms with Crippen LogP contribution in [0.1, 0.15) is 25.7 Å². The van der Waals surface area contributed by atoms with Crippen LogP contribution in [0, 0.1) is 5.92 Å². The van der Waals surface area contributed by atoms with Crippen LogP contribution < -0.4 is 0 Å². The van der Waals surface area contributed by atoms with Crippen molar-refractivity contribution in [1.29, 1.82) is 0 Å². The lowest BCUT2D eigenvalue weighted by atomic mass is 9.87. The number of halogens is 2. The summed E-state index contributed by atoms with van der Waals surface area (Å²) in [5.74, 6) is 0.906. The molecule has 0 spiro atoms. The maximum Gasteiger partial charge on any atom is 0.0854 e. The van der Waals surface area contributed by atoms with E-state index < -0.39 is 8.07 Å². The van der Waals surface area contributed by atoms with Crippen molar-refractivity contribution in [1.82, 2.24) is 0 Å². The summed E-state index contributed by atoms with van der Waals surface area (Å²) in [6.07, 6.45) is 5.71. The number of rotatable bonds is 2. The second-order valence-corrected chi connectivity index (χ2v) is 13.2. The van der Waals surface area contributed by atoms with E-state index in [0.717, 1.165) is 5.92 Å². The van der Waals surface area contributed by atoms with E-state index in [9.17, 15) is 0 Å². The van der Waals surface area contributed by atoms with Crippen LogP contribution in [0.25, 0.3) is 0 Å². The van der Waals surface area contributed by atoms with Crippen LogP contribution in [0.5, 0.6) is 0 Å². The number of allylic oxidation sites excluding steroid dienone is 1. The minimum atomic E-state index is -1.04. The molecular weight excluding hydrogens is 414 g/mol. The first-order valence-corrected chi connectivity index (χ1v) is 11.5. The van der Waals surface area contributed by atoms with Crippen molar-refractivity contribution in [3.63, 3.8) is 0 Å². The molecule has 0 aliphatic heterocycles. The van der Waals surface area contributed by atoms with Crippen LogP contribution in [-0.2, 0) is 0 Å². The Morgan fingerprint density at radius 3 is 2.50 bits per heavy atom. The van der Waals surface area contributed by atoms with Gasteiger partial charge in [0.25, 0.3) is 0 Å². The largest absolute Gasteiger partial charge is 0.0857 e. The van der Waals surface area contributed by atoms with E-state index in [4.69, 9.17) is 0 Å². The zero-order chi connectivity index (χ0) is 10.8. The fraction of sp³-hybridized carbons (Fsp3) is 0.818. The van der Waals surface area contributed by atoms with E-state index in [1.807, 2.05) is 5.57 Å². The maximum atomic E-state index is 2.64. The summed E-state index contributed by atoms with van der Waals surface area (Å²) in [7, 11) is -1.04. The van der Waals surface area contributed by atoms with Gasteiger partial charge < -0.3 is 0 Å². The summed E-state index contributed by atoms with van der Waals surface area (Å²) in [5, 5.41) is 0. The molecule has 1 aliphatic rings. The molecule has 0 aromatic carbocycles. The lowest BCUT2D eigenvalue weighted by molar-refractivity contribution is 0.494. The number of hydrogen-bond acceptors (Lipinski definition) is 0. The molecule has 0 heterocycles. The molecular formula is C11H20I2Si. The molecule has 14 heavy (non-hydrogen) atoms. The monoisotopic (exact) mass is 434 g/mol. The Labute approximate surface area is 117 Å². The zero-order valence-corrected chi connectivity index (χ0v) is 14.7. The third-order valence-corrected chi connectivity index (χ3v) is 11.1. The highest BCUT2D eigenvalue weighted by molar-refractivity contribution is 14.1. The predicted octanol–water partition coefficient (Wildman–Crippen LogP) is 5.18. The van der Waals surface area contributed by atoms with Gasteiger partial charge in [0.2, 0.25) is 0 Å². The van der Waals surface area contributed by atoms with Gasteiger partial charge in [0.05, 0.1) is 8.07 Å². The first kappa shape index (κ1) is 13.5. The van der Waals surface area contributed by atoms with Crippen LogP contribution in [0.3, 0.4) is 0 Å². The lowest BCUT2D eigenvalue weighted by Gasteiger charge is -2.29. The Hall–Kier alpha value is 1.42. The molecule has 1 aliphatic carbocycles. The summed E-state index contributed by atoms with van der Waals surface area (Å²) >= 11 is 5.21. The molecule has 0 N–H and O–H groups in total. The molecule has 0 nitrogen and oxygen atoms in total. The summed E-state index contributed by atoms with van der Waals surface area (Å²) in [6, 6.07) is 0. The molecule has 0 saturated heterocycles. The molecule has 0 amide bonds. The minimum Gasteiger partial charge on any atom is -0.0857 e. The van der Waals surface area contributed by atoms with Crippen molar-refractivity contribution in [2.24, 2.45) is 5.92 Å². The predicted molar refractivity (Wildman–Crippen MR) is 85.2 cm³/mol. The average molecular weight is 434 g/mol. The molecule has 1 saturated carbocycles. The molecule has 1 unspecified atom stereocenters. The van der Waals surface area contributed by atoms with E-state index >= 15 is 0 Å². The molecule has 1 rings (SSSR count). The highest BCUT2D eigenvalue weighted by atomic mass is 127. The van der Waals surface area contributed by atoms with Crippen LogP contribution >= 0.6 is 45.2 Å². The van der Waals surface area contributed by atoms with Crippen LogP contribution in [0.4, 0.5) is 0 Å². The minimum absolute atomic E-state index is 0.906. The number of hydrogen-bond donors (Lipinski definition) is 0. The fourth-order valence-electron chi connectivity index (χ4n) is 2.03. The van der Waals surface area contributed by atoms with Crippen molar-refractivity contribution in [2.75, 3.05) is 4.43 Å². The summed E-state index contributed by atoms with van der Waals surface area (Å²) in [5.41, 5.74) is 1.82. The molecule has 0 aromatic rings. The molecule has 0 radical (unpaired) electrons. The Balaban J connectivity index is 2.91. The average Bonchev–Trinajstić information content (AvgIpc) is 2.15. The third-order valence-electron chi connectivity index (χ3n) is 2.87. The highest BCUT2D eigenvalue weighted by Gasteiger charge is 2.26. The molecule has 82 valence electrons. The second kappa shape index (κ2) is 5.66. The fourth-order valence-corrected chi connectivity index (χ4v) is 5.00. The van der Waals surface area contributed by atoms with E-state index in [1.165, 1.54) is 30.1 Å². The van der Waals surface area contributed by atoms with E-state index in [1.54, 1.807) is 3.20 Å². The van der Waals surface area contributed by atoms with Crippen molar-refractivity contribution >= 4 is 53.3 Å². The first-order valence-electron chi connectivity index (χ1n) is 5.41. The smallest absolute Gasteiger partial charge is 0.0854 e. The van der Waals surface area contributed by atoms with Gasteiger partial charge in [-0.05, 0) is 28.4 Å². The molecule has 0 bridgehead atoms. The van der Waals surface area contributed by atoms with E-state index in [0.29, 0.717) is 0 Å². The topological polar surface area (TPSA) is 0 Å². The first-order chi connectivity index (χ1) is 6.46. The van der Waals surface area contributed by atoms with Crippen LogP contribution in [0.2, 0.25) is 19.6 Å². The molecule has 1 atom stereocenters. The van der Waals surface area contributed by atoms with Crippen molar-refractivity contribution in [2.45, 2.75) is 45.3 Å². The van der Waals surface area contributed by atoms with Gasteiger partial charge in [0, 0.05) is 4.43 Å². The third kappa shape index (κ3) is 3.47. The Morgan fingerprint density at radius 2 is 2.00 bits per heavy atom. The lowest BCUT2D eigenvalue weighted by Crippen LogP contribution is -2.25. The van der Waals surface area contributed by atoms with Gasteiger partial charge in [-0.1, -0.05) is 76.8 Å². The van der Waals surface area contributed by atoms with Gasteiger partial charge in [-0.25, -0.2) is 0 Å². The van der Waals surface area contributed by atoms with Crippen molar-refractivity contribution in [3.8, 4) is 0 Å². The molecule has 0 aromatic heterocycles.